The third-order valence-electron chi connectivity index (χ3n) is 7.68. The number of pyridine rings is 1. The molecule has 1 spiro atoms. The molecule has 2 unspecified atom stereocenters. The van der Waals surface area contributed by atoms with Gasteiger partial charge in [0.2, 0.25) is 0 Å². The smallest absolute Gasteiger partial charge is 0.257 e. The number of rotatable bonds is 5. The molecule has 6 heteroatoms. The molecule has 182 valence electrons. The Labute approximate surface area is 203 Å². The van der Waals surface area contributed by atoms with Crippen molar-refractivity contribution in [1.82, 2.24) is 9.88 Å². The Kier molecular flexibility index (Phi) is 7.16. The topological polar surface area (TPSA) is 54.9 Å². The van der Waals surface area contributed by atoms with Gasteiger partial charge in [-0.3, -0.25) is 4.79 Å². The zero-order chi connectivity index (χ0) is 23.4. The fraction of sp³-hybridized carbons (Fsp3) is 0.571. The maximum atomic E-state index is 13.6. The molecule has 0 bridgehead atoms. The lowest BCUT2D eigenvalue weighted by Gasteiger charge is -2.49. The lowest BCUT2D eigenvalue weighted by Crippen LogP contribution is -2.52. The molecular formula is C28H37N3O3. The Bertz CT molecular complexity index is 952. The molecule has 3 fully saturated rings. The average molecular weight is 464 g/mol. The molecular weight excluding hydrogens is 426 g/mol. The zero-order valence-corrected chi connectivity index (χ0v) is 20.3. The van der Waals surface area contributed by atoms with Gasteiger partial charge in [-0.15, -0.1) is 0 Å². The summed E-state index contributed by atoms with van der Waals surface area (Å²) in [6, 6.07) is 14.3. The van der Waals surface area contributed by atoms with Crippen LogP contribution in [0, 0.1) is 0 Å². The number of aromatic nitrogens is 1. The number of piperidine rings is 2. The Morgan fingerprint density at radius 2 is 1.82 bits per heavy atom. The number of carbonyl (C=O) groups is 1. The van der Waals surface area contributed by atoms with Gasteiger partial charge >= 0.3 is 0 Å². The second-order valence-corrected chi connectivity index (χ2v) is 9.93. The maximum Gasteiger partial charge on any atom is 0.257 e. The summed E-state index contributed by atoms with van der Waals surface area (Å²) in [5.74, 6) is 0.947. The average Bonchev–Trinajstić information content (AvgIpc) is 2.90. The molecule has 0 aliphatic carbocycles. The van der Waals surface area contributed by atoms with E-state index >= 15 is 0 Å². The van der Waals surface area contributed by atoms with Crippen molar-refractivity contribution in [2.75, 3.05) is 37.7 Å². The van der Waals surface area contributed by atoms with Gasteiger partial charge in [0.05, 0.1) is 23.4 Å². The molecule has 3 saturated heterocycles. The number of amides is 1. The molecule has 3 aliphatic heterocycles. The van der Waals surface area contributed by atoms with E-state index in [1.54, 1.807) is 6.20 Å². The summed E-state index contributed by atoms with van der Waals surface area (Å²) in [6.07, 6.45) is 9.08. The highest BCUT2D eigenvalue weighted by Crippen LogP contribution is 2.44. The molecule has 34 heavy (non-hydrogen) atoms. The van der Waals surface area contributed by atoms with E-state index < -0.39 is 0 Å². The summed E-state index contributed by atoms with van der Waals surface area (Å²) in [7, 11) is 0. The van der Waals surface area contributed by atoms with Gasteiger partial charge in [0.15, 0.2) is 0 Å². The summed E-state index contributed by atoms with van der Waals surface area (Å²) in [4.78, 5) is 22.5. The van der Waals surface area contributed by atoms with Gasteiger partial charge in [0.1, 0.15) is 5.82 Å². The van der Waals surface area contributed by atoms with Crippen LogP contribution in [0.3, 0.4) is 0 Å². The molecule has 2 aromatic rings. The van der Waals surface area contributed by atoms with Crippen LogP contribution in [0.2, 0.25) is 0 Å². The van der Waals surface area contributed by atoms with Crippen LogP contribution in [0.15, 0.2) is 48.7 Å². The molecule has 1 aromatic heterocycles. The normalized spacial score (nSPS) is 24.9. The standard InChI is InChI=1S/C28H37N3O3/c1-2-33-23-20-25(22-10-5-3-6-11-22)34-28(21-23)13-18-31(19-14-28)27(32)24-12-9-15-29-26(24)30-16-7-4-8-17-30/h3,5-6,9-12,15,23,25H,2,4,7-8,13-14,16-21H2,1H3. The summed E-state index contributed by atoms with van der Waals surface area (Å²) < 4.78 is 12.9. The number of nitrogens with zero attached hydrogens (tertiary/aromatic N) is 3. The Hall–Kier alpha value is -2.44. The van der Waals surface area contributed by atoms with Crippen LogP contribution in [0.5, 0.6) is 0 Å². The van der Waals surface area contributed by atoms with Gasteiger partial charge in [-0.2, -0.15) is 0 Å². The minimum atomic E-state index is -0.236. The van der Waals surface area contributed by atoms with Crippen LogP contribution in [-0.4, -0.2) is 60.3 Å². The minimum Gasteiger partial charge on any atom is -0.378 e. The largest absolute Gasteiger partial charge is 0.378 e. The number of ether oxygens (including phenoxy) is 2. The fourth-order valence-electron chi connectivity index (χ4n) is 5.90. The van der Waals surface area contributed by atoms with Crippen LogP contribution in [0.25, 0.3) is 0 Å². The van der Waals surface area contributed by atoms with Gasteiger partial charge in [0.25, 0.3) is 5.91 Å². The predicted octanol–water partition coefficient (Wildman–Crippen LogP) is 5.00. The van der Waals surface area contributed by atoms with Crippen molar-refractivity contribution in [2.45, 2.75) is 69.7 Å². The van der Waals surface area contributed by atoms with E-state index in [-0.39, 0.29) is 23.7 Å². The molecule has 2 atom stereocenters. The van der Waals surface area contributed by atoms with Crippen molar-refractivity contribution < 1.29 is 14.3 Å². The Morgan fingerprint density at radius 3 is 2.56 bits per heavy atom. The Balaban J connectivity index is 1.29. The van der Waals surface area contributed by atoms with Crippen LogP contribution in [-0.2, 0) is 9.47 Å². The second-order valence-electron chi connectivity index (χ2n) is 9.93. The third kappa shape index (κ3) is 4.98. The molecule has 0 radical (unpaired) electrons. The van der Waals surface area contributed by atoms with E-state index in [4.69, 9.17) is 9.47 Å². The van der Waals surface area contributed by atoms with Gasteiger partial charge in [-0.05, 0) is 56.7 Å². The van der Waals surface area contributed by atoms with Gasteiger partial charge in [-0.1, -0.05) is 30.3 Å². The van der Waals surface area contributed by atoms with Crippen molar-refractivity contribution in [3.05, 3.63) is 59.8 Å². The molecule has 0 N–H and O–H groups in total. The number of likely N-dealkylation sites (tertiary alicyclic amines) is 1. The quantitative estimate of drug-likeness (QED) is 0.624. The van der Waals surface area contributed by atoms with E-state index in [2.05, 4.69) is 41.1 Å². The van der Waals surface area contributed by atoms with Gasteiger partial charge in [0, 0.05) is 51.8 Å². The number of hydrogen-bond donors (Lipinski definition) is 0. The maximum absolute atomic E-state index is 13.6. The zero-order valence-electron chi connectivity index (χ0n) is 20.3. The number of anilines is 1. The molecule has 5 rings (SSSR count). The molecule has 1 aromatic carbocycles. The third-order valence-corrected chi connectivity index (χ3v) is 7.68. The lowest BCUT2D eigenvalue weighted by atomic mass is 9.80. The first kappa shape index (κ1) is 23.3. The first-order valence-corrected chi connectivity index (χ1v) is 13.0. The molecule has 6 nitrogen and oxygen atoms in total. The van der Waals surface area contributed by atoms with E-state index in [0.29, 0.717) is 19.7 Å². The van der Waals surface area contributed by atoms with Crippen molar-refractivity contribution in [3.8, 4) is 0 Å². The second kappa shape index (κ2) is 10.4. The fourth-order valence-corrected chi connectivity index (χ4v) is 5.90. The predicted molar refractivity (Wildman–Crippen MR) is 133 cm³/mol. The highest BCUT2D eigenvalue weighted by Gasteiger charge is 2.45. The summed E-state index contributed by atoms with van der Waals surface area (Å²) >= 11 is 0. The molecule has 3 aliphatic rings. The van der Waals surface area contributed by atoms with Crippen molar-refractivity contribution >= 4 is 11.7 Å². The van der Waals surface area contributed by atoms with Crippen LogP contribution in [0.1, 0.15) is 73.9 Å². The first-order valence-electron chi connectivity index (χ1n) is 13.0. The lowest BCUT2D eigenvalue weighted by molar-refractivity contribution is -0.190. The van der Waals surface area contributed by atoms with Crippen LogP contribution in [0.4, 0.5) is 5.82 Å². The van der Waals surface area contributed by atoms with E-state index in [9.17, 15) is 4.79 Å². The van der Waals surface area contributed by atoms with Crippen molar-refractivity contribution in [1.29, 1.82) is 0 Å². The highest BCUT2D eigenvalue weighted by molar-refractivity contribution is 5.99. The summed E-state index contributed by atoms with van der Waals surface area (Å²) in [5, 5.41) is 0. The monoisotopic (exact) mass is 463 g/mol. The first-order chi connectivity index (χ1) is 16.7. The van der Waals surface area contributed by atoms with Crippen LogP contribution >= 0.6 is 0 Å². The molecule has 1 amide bonds. The van der Waals surface area contributed by atoms with E-state index in [0.717, 1.165) is 63.0 Å². The van der Waals surface area contributed by atoms with Gasteiger partial charge in [-0.25, -0.2) is 4.98 Å². The van der Waals surface area contributed by atoms with E-state index in [1.165, 1.54) is 12.0 Å². The van der Waals surface area contributed by atoms with E-state index in [1.807, 2.05) is 23.1 Å². The Morgan fingerprint density at radius 1 is 1.06 bits per heavy atom. The summed E-state index contributed by atoms with van der Waals surface area (Å²) in [5.41, 5.74) is 1.71. The number of hydrogen-bond acceptors (Lipinski definition) is 5. The number of carbonyl (C=O) groups excluding carboxylic acids is 1. The number of benzene rings is 1. The molecule has 4 heterocycles. The minimum absolute atomic E-state index is 0.0396. The van der Waals surface area contributed by atoms with Crippen LogP contribution < -0.4 is 4.90 Å². The van der Waals surface area contributed by atoms with Gasteiger partial charge < -0.3 is 19.3 Å². The molecule has 0 saturated carbocycles. The SMILES string of the molecule is CCOC1CC(c2ccccc2)OC2(CCN(C(=O)c3cccnc3N3CCCCC3)CC2)C1. The van der Waals surface area contributed by atoms with Crippen molar-refractivity contribution in [3.63, 3.8) is 0 Å². The summed E-state index contributed by atoms with van der Waals surface area (Å²) in [6.45, 7) is 6.14. The highest BCUT2D eigenvalue weighted by atomic mass is 16.5. The van der Waals surface area contributed by atoms with Crippen molar-refractivity contribution in [2.24, 2.45) is 0 Å².